The lowest BCUT2D eigenvalue weighted by Gasteiger charge is -2.32. The van der Waals surface area contributed by atoms with Crippen LogP contribution in [0.2, 0.25) is 0 Å². The maximum Gasteiger partial charge on any atom is 0.291 e. The molecule has 0 saturated carbocycles. The Hall–Kier alpha value is -2.82. The summed E-state index contributed by atoms with van der Waals surface area (Å²) in [4.78, 5) is 27.2. The molecule has 5 nitrogen and oxygen atoms in total. The lowest BCUT2D eigenvalue weighted by atomic mass is 9.90. The summed E-state index contributed by atoms with van der Waals surface area (Å²) in [6, 6.07) is 12.1. The quantitative estimate of drug-likeness (QED) is 0.739. The highest BCUT2D eigenvalue weighted by molar-refractivity contribution is 5.90. The molecule has 2 aromatic heterocycles. The van der Waals surface area contributed by atoms with Crippen molar-refractivity contribution in [3.05, 3.63) is 66.4 Å². The Balaban J connectivity index is 1.51. The molecule has 1 aliphatic rings. The number of likely N-dealkylation sites (tertiary alicyclic amines) is 1. The van der Waals surface area contributed by atoms with E-state index in [0.29, 0.717) is 5.92 Å². The van der Waals surface area contributed by atoms with Gasteiger partial charge in [-0.15, -0.1) is 0 Å². The predicted octanol–water partition coefficient (Wildman–Crippen LogP) is 3.12. The number of hydrogen-bond donors (Lipinski definition) is 0. The smallest absolute Gasteiger partial charge is 0.291 e. The summed E-state index contributed by atoms with van der Waals surface area (Å²) in [5.74, 6) is 0.658. The molecule has 3 heterocycles. The molecule has 4 rings (SSSR count). The van der Waals surface area contributed by atoms with Crippen molar-refractivity contribution in [1.82, 2.24) is 19.9 Å². The lowest BCUT2D eigenvalue weighted by molar-refractivity contribution is 0.0661. The van der Waals surface area contributed by atoms with E-state index in [1.807, 2.05) is 17.2 Å². The number of rotatable bonds is 3. The topological polar surface area (TPSA) is 59.0 Å². The van der Waals surface area contributed by atoms with Gasteiger partial charge in [0.2, 0.25) is 5.82 Å². The number of para-hydroxylation sites is 1. The van der Waals surface area contributed by atoms with Crippen LogP contribution in [-0.2, 0) is 6.42 Å². The van der Waals surface area contributed by atoms with Crippen LogP contribution in [0, 0.1) is 5.92 Å². The molecule has 126 valence electrons. The van der Waals surface area contributed by atoms with Crippen molar-refractivity contribution in [2.24, 2.45) is 5.92 Å². The number of pyridine rings is 1. The number of aromatic nitrogens is 3. The first kappa shape index (κ1) is 15.7. The Morgan fingerprint density at radius 3 is 2.72 bits per heavy atom. The largest absolute Gasteiger partial charge is 0.336 e. The van der Waals surface area contributed by atoms with E-state index in [9.17, 15) is 4.79 Å². The minimum atomic E-state index is -0.0682. The molecule has 1 amide bonds. The number of carbonyl (C=O) groups excluding carboxylic acids is 1. The molecule has 0 N–H and O–H groups in total. The highest BCUT2D eigenvalue weighted by Crippen LogP contribution is 2.25. The Bertz CT molecular complexity index is 876. The van der Waals surface area contributed by atoms with Crippen LogP contribution in [0.25, 0.3) is 10.9 Å². The average Bonchev–Trinajstić information content (AvgIpc) is 2.69. The van der Waals surface area contributed by atoms with Gasteiger partial charge in [-0.1, -0.05) is 24.3 Å². The second-order valence-electron chi connectivity index (χ2n) is 6.53. The Kier molecular flexibility index (Phi) is 4.37. The van der Waals surface area contributed by atoms with Crippen molar-refractivity contribution in [2.45, 2.75) is 19.3 Å². The van der Waals surface area contributed by atoms with Gasteiger partial charge in [0.05, 0.1) is 5.52 Å². The third-order valence-electron chi connectivity index (χ3n) is 4.79. The van der Waals surface area contributed by atoms with Crippen LogP contribution in [0.3, 0.4) is 0 Å². The third kappa shape index (κ3) is 3.36. The van der Waals surface area contributed by atoms with Crippen LogP contribution >= 0.6 is 0 Å². The second kappa shape index (κ2) is 6.97. The van der Waals surface area contributed by atoms with E-state index in [2.05, 4.69) is 39.2 Å². The fraction of sp³-hybridized carbons (Fsp3) is 0.300. The minimum absolute atomic E-state index is 0.0682. The zero-order valence-electron chi connectivity index (χ0n) is 14.0. The standard InChI is InChI=1S/C20H20N4O/c25-20(19-22-10-4-11-23-19)24-12-3-5-15(14-24)13-17-7-1-6-16-8-2-9-21-18(16)17/h1-2,4,6-11,15H,3,5,12-14H2. The lowest BCUT2D eigenvalue weighted by Crippen LogP contribution is -2.41. The summed E-state index contributed by atoms with van der Waals surface area (Å²) in [6.45, 7) is 1.53. The Morgan fingerprint density at radius 2 is 1.84 bits per heavy atom. The molecule has 1 atom stereocenters. The molecule has 0 radical (unpaired) electrons. The normalized spacial score (nSPS) is 17.6. The van der Waals surface area contributed by atoms with E-state index in [4.69, 9.17) is 0 Å². The summed E-state index contributed by atoms with van der Waals surface area (Å²) < 4.78 is 0. The molecule has 0 bridgehead atoms. The molecule has 1 fully saturated rings. The van der Waals surface area contributed by atoms with E-state index in [-0.39, 0.29) is 11.7 Å². The zero-order chi connectivity index (χ0) is 17.1. The summed E-state index contributed by atoms with van der Waals surface area (Å²) in [5.41, 5.74) is 2.33. The first-order chi connectivity index (χ1) is 12.3. The molecule has 1 unspecified atom stereocenters. The SMILES string of the molecule is O=C(c1ncccn1)N1CCCC(Cc2cccc3cccnc23)C1. The molecular weight excluding hydrogens is 312 g/mol. The van der Waals surface area contributed by atoms with Gasteiger partial charge in [0.25, 0.3) is 5.91 Å². The van der Waals surface area contributed by atoms with E-state index in [0.717, 1.165) is 37.9 Å². The van der Waals surface area contributed by atoms with Gasteiger partial charge in [0, 0.05) is 37.1 Å². The van der Waals surface area contributed by atoms with Gasteiger partial charge in [-0.25, -0.2) is 9.97 Å². The summed E-state index contributed by atoms with van der Waals surface area (Å²) >= 11 is 0. The Labute approximate surface area is 146 Å². The molecule has 25 heavy (non-hydrogen) atoms. The van der Waals surface area contributed by atoms with Gasteiger partial charge >= 0.3 is 0 Å². The van der Waals surface area contributed by atoms with Crippen LogP contribution in [-0.4, -0.2) is 38.8 Å². The van der Waals surface area contributed by atoms with Gasteiger partial charge < -0.3 is 4.90 Å². The molecule has 0 spiro atoms. The minimum Gasteiger partial charge on any atom is -0.336 e. The fourth-order valence-corrected chi connectivity index (χ4v) is 3.61. The van der Waals surface area contributed by atoms with Crippen molar-refractivity contribution in [3.63, 3.8) is 0 Å². The van der Waals surface area contributed by atoms with Gasteiger partial charge in [0.15, 0.2) is 0 Å². The van der Waals surface area contributed by atoms with Crippen molar-refractivity contribution in [3.8, 4) is 0 Å². The summed E-state index contributed by atoms with van der Waals surface area (Å²) in [7, 11) is 0. The van der Waals surface area contributed by atoms with E-state index < -0.39 is 0 Å². The first-order valence-corrected chi connectivity index (χ1v) is 8.70. The predicted molar refractivity (Wildman–Crippen MR) is 96.1 cm³/mol. The van der Waals surface area contributed by atoms with Gasteiger partial charge in [0.1, 0.15) is 0 Å². The Morgan fingerprint density at radius 1 is 1.04 bits per heavy atom. The highest BCUT2D eigenvalue weighted by Gasteiger charge is 2.26. The number of fused-ring (bicyclic) bond motifs is 1. The van der Waals surface area contributed by atoms with Gasteiger partial charge in [-0.3, -0.25) is 9.78 Å². The number of carbonyl (C=O) groups is 1. The third-order valence-corrected chi connectivity index (χ3v) is 4.79. The molecule has 3 aromatic rings. The number of piperidine rings is 1. The maximum absolute atomic E-state index is 12.6. The van der Waals surface area contributed by atoms with Crippen LogP contribution in [0.4, 0.5) is 0 Å². The van der Waals surface area contributed by atoms with E-state index >= 15 is 0 Å². The second-order valence-corrected chi connectivity index (χ2v) is 6.53. The summed E-state index contributed by atoms with van der Waals surface area (Å²) in [5, 5.41) is 1.17. The molecular formula is C20H20N4O. The van der Waals surface area contributed by atoms with Crippen molar-refractivity contribution < 1.29 is 4.79 Å². The van der Waals surface area contributed by atoms with Crippen molar-refractivity contribution in [1.29, 1.82) is 0 Å². The molecule has 1 aromatic carbocycles. The highest BCUT2D eigenvalue weighted by atomic mass is 16.2. The molecule has 1 aliphatic heterocycles. The van der Waals surface area contributed by atoms with E-state index in [1.165, 1.54) is 10.9 Å². The number of nitrogens with zero attached hydrogens (tertiary/aromatic N) is 4. The molecule has 5 heteroatoms. The first-order valence-electron chi connectivity index (χ1n) is 8.70. The van der Waals surface area contributed by atoms with Crippen LogP contribution in [0.15, 0.2) is 55.0 Å². The fourth-order valence-electron chi connectivity index (χ4n) is 3.61. The monoisotopic (exact) mass is 332 g/mol. The van der Waals surface area contributed by atoms with Crippen LogP contribution < -0.4 is 0 Å². The number of amides is 1. The zero-order valence-corrected chi connectivity index (χ0v) is 14.0. The molecule has 0 aliphatic carbocycles. The maximum atomic E-state index is 12.6. The average molecular weight is 332 g/mol. The van der Waals surface area contributed by atoms with Crippen molar-refractivity contribution >= 4 is 16.8 Å². The van der Waals surface area contributed by atoms with Gasteiger partial charge in [-0.2, -0.15) is 0 Å². The van der Waals surface area contributed by atoms with Crippen molar-refractivity contribution in [2.75, 3.05) is 13.1 Å². The number of benzene rings is 1. The van der Waals surface area contributed by atoms with Crippen LogP contribution in [0.1, 0.15) is 29.0 Å². The molecule has 1 saturated heterocycles. The van der Waals surface area contributed by atoms with Gasteiger partial charge in [-0.05, 0) is 42.9 Å². The summed E-state index contributed by atoms with van der Waals surface area (Å²) in [6.07, 6.45) is 8.15. The van der Waals surface area contributed by atoms with E-state index in [1.54, 1.807) is 18.5 Å². The van der Waals surface area contributed by atoms with Crippen LogP contribution in [0.5, 0.6) is 0 Å². The number of hydrogen-bond acceptors (Lipinski definition) is 4.